The molecule has 3 N–H and O–H groups in total. The van der Waals surface area contributed by atoms with E-state index in [1.54, 1.807) is 12.3 Å². The minimum absolute atomic E-state index is 0.154. The first-order valence-corrected chi connectivity index (χ1v) is 9.32. The number of urea groups is 1. The van der Waals surface area contributed by atoms with Crippen LogP contribution >= 0.6 is 11.6 Å². The molecule has 0 unspecified atom stereocenters. The molecule has 1 aliphatic carbocycles. The number of nitrogens with one attached hydrogen (secondary N) is 3. The standard InChI is InChI=1S/C20H21ClN4O/c21-14-7-8-18-16(11-14)17(12-23-18)13-4-3-5-15(10-13)24-20(26)25-19-6-1-2-9-22-19/h1-2,6-9,11-13,15,23H,3-5,10H2,(H2,22,24,25,26)/t13-,15+/m1/s1. The van der Waals surface area contributed by atoms with E-state index in [-0.39, 0.29) is 12.1 Å². The summed E-state index contributed by atoms with van der Waals surface area (Å²) in [6, 6.07) is 11.3. The van der Waals surface area contributed by atoms with Crippen molar-refractivity contribution >= 4 is 34.4 Å². The summed E-state index contributed by atoms with van der Waals surface area (Å²) in [5.41, 5.74) is 2.39. The Bertz CT molecular complexity index is 909. The predicted octanol–water partition coefficient (Wildman–Crippen LogP) is 5.06. The highest BCUT2D eigenvalue weighted by Gasteiger charge is 2.26. The predicted molar refractivity (Wildman–Crippen MR) is 105 cm³/mol. The zero-order valence-corrected chi connectivity index (χ0v) is 15.1. The van der Waals surface area contributed by atoms with Gasteiger partial charge in [0.1, 0.15) is 5.82 Å². The van der Waals surface area contributed by atoms with E-state index in [0.29, 0.717) is 11.7 Å². The second kappa shape index (κ2) is 7.38. The van der Waals surface area contributed by atoms with Gasteiger partial charge in [-0.25, -0.2) is 9.78 Å². The molecule has 0 bridgehead atoms. The van der Waals surface area contributed by atoms with Crippen molar-refractivity contribution in [1.82, 2.24) is 15.3 Å². The van der Waals surface area contributed by atoms with E-state index in [4.69, 9.17) is 11.6 Å². The number of benzene rings is 1. The second-order valence-electron chi connectivity index (χ2n) is 6.81. The molecule has 1 aromatic carbocycles. The third-order valence-electron chi connectivity index (χ3n) is 5.03. The molecule has 1 aliphatic rings. The second-order valence-corrected chi connectivity index (χ2v) is 7.24. The van der Waals surface area contributed by atoms with Crippen molar-refractivity contribution in [3.05, 3.63) is 59.4 Å². The monoisotopic (exact) mass is 368 g/mol. The van der Waals surface area contributed by atoms with Crippen molar-refractivity contribution in [1.29, 1.82) is 0 Å². The molecule has 0 aliphatic heterocycles. The van der Waals surface area contributed by atoms with Crippen LogP contribution in [-0.2, 0) is 0 Å². The lowest BCUT2D eigenvalue weighted by Gasteiger charge is -2.29. The van der Waals surface area contributed by atoms with Gasteiger partial charge in [0.05, 0.1) is 0 Å². The molecule has 1 fully saturated rings. The van der Waals surface area contributed by atoms with Crippen LogP contribution in [0.5, 0.6) is 0 Å². The van der Waals surface area contributed by atoms with Gasteiger partial charge in [0.25, 0.3) is 0 Å². The fourth-order valence-electron chi connectivity index (χ4n) is 3.83. The summed E-state index contributed by atoms with van der Waals surface area (Å²) in [6.07, 6.45) is 7.88. The Morgan fingerprint density at radius 3 is 3.00 bits per heavy atom. The SMILES string of the molecule is O=C(Nc1ccccn1)N[C@H]1CCC[C@@H](c2c[nH]c3ccc(Cl)cc23)C1. The number of pyridine rings is 1. The van der Waals surface area contributed by atoms with E-state index in [1.807, 2.05) is 30.3 Å². The third-order valence-corrected chi connectivity index (χ3v) is 5.27. The number of aromatic amines is 1. The summed E-state index contributed by atoms with van der Waals surface area (Å²) < 4.78 is 0. The fourth-order valence-corrected chi connectivity index (χ4v) is 4.00. The van der Waals surface area contributed by atoms with Crippen LogP contribution in [0.2, 0.25) is 5.02 Å². The third kappa shape index (κ3) is 3.68. The van der Waals surface area contributed by atoms with E-state index in [9.17, 15) is 4.79 Å². The Morgan fingerprint density at radius 1 is 1.23 bits per heavy atom. The van der Waals surface area contributed by atoms with Gasteiger partial charge >= 0.3 is 6.03 Å². The number of hydrogen-bond acceptors (Lipinski definition) is 2. The van der Waals surface area contributed by atoms with Crippen LogP contribution in [0.4, 0.5) is 10.6 Å². The largest absolute Gasteiger partial charge is 0.361 e. The van der Waals surface area contributed by atoms with E-state index < -0.39 is 0 Å². The molecule has 5 nitrogen and oxygen atoms in total. The van der Waals surface area contributed by atoms with Crippen LogP contribution in [-0.4, -0.2) is 22.0 Å². The Hall–Kier alpha value is -2.53. The van der Waals surface area contributed by atoms with Gasteiger partial charge in [0.2, 0.25) is 0 Å². The Kier molecular flexibility index (Phi) is 4.80. The number of hydrogen-bond donors (Lipinski definition) is 3. The molecule has 2 amide bonds. The minimum atomic E-state index is -0.198. The quantitative estimate of drug-likeness (QED) is 0.604. The number of aromatic nitrogens is 2. The van der Waals surface area contributed by atoms with Crippen LogP contribution < -0.4 is 10.6 Å². The molecule has 0 spiro atoms. The molecule has 2 heterocycles. The van der Waals surface area contributed by atoms with Crippen LogP contribution in [0, 0.1) is 0 Å². The fraction of sp³-hybridized carbons (Fsp3) is 0.300. The smallest absolute Gasteiger partial charge is 0.320 e. The van der Waals surface area contributed by atoms with Gasteiger partial charge in [-0.05, 0) is 61.1 Å². The molecule has 6 heteroatoms. The van der Waals surface area contributed by atoms with E-state index >= 15 is 0 Å². The molecule has 1 saturated carbocycles. The summed E-state index contributed by atoms with van der Waals surface area (Å²) in [6.45, 7) is 0. The molecule has 2 atom stereocenters. The molecule has 0 saturated heterocycles. The summed E-state index contributed by atoms with van der Waals surface area (Å²) in [4.78, 5) is 19.7. The number of halogens is 1. The van der Waals surface area contributed by atoms with Gasteiger partial charge in [-0.15, -0.1) is 0 Å². The molecule has 134 valence electrons. The van der Waals surface area contributed by atoms with Crippen molar-refractivity contribution in [2.45, 2.75) is 37.6 Å². The molecule has 3 aromatic rings. The maximum Gasteiger partial charge on any atom is 0.320 e. The van der Waals surface area contributed by atoms with Crippen molar-refractivity contribution in [3.63, 3.8) is 0 Å². The van der Waals surface area contributed by atoms with Crippen LogP contribution in [0.15, 0.2) is 48.8 Å². The lowest BCUT2D eigenvalue weighted by Crippen LogP contribution is -2.40. The van der Waals surface area contributed by atoms with Crippen molar-refractivity contribution in [2.75, 3.05) is 5.32 Å². The van der Waals surface area contributed by atoms with Gasteiger partial charge in [0.15, 0.2) is 0 Å². The minimum Gasteiger partial charge on any atom is -0.361 e. The molecule has 26 heavy (non-hydrogen) atoms. The van der Waals surface area contributed by atoms with Gasteiger partial charge in [0, 0.05) is 34.4 Å². The average Bonchev–Trinajstić information content (AvgIpc) is 3.05. The number of rotatable bonds is 3. The summed E-state index contributed by atoms with van der Waals surface area (Å²) in [5.74, 6) is 0.972. The summed E-state index contributed by atoms with van der Waals surface area (Å²) in [7, 11) is 0. The first-order chi connectivity index (χ1) is 12.7. The van der Waals surface area contributed by atoms with Gasteiger partial charge in [-0.3, -0.25) is 5.32 Å². The summed E-state index contributed by atoms with van der Waals surface area (Å²) in [5, 5.41) is 7.81. The zero-order valence-electron chi connectivity index (χ0n) is 14.3. The van der Waals surface area contributed by atoms with Gasteiger partial charge in [-0.2, -0.15) is 0 Å². The Labute approximate surface area is 157 Å². The van der Waals surface area contributed by atoms with Crippen molar-refractivity contribution < 1.29 is 4.79 Å². The average molecular weight is 369 g/mol. The van der Waals surface area contributed by atoms with Gasteiger partial charge in [-0.1, -0.05) is 24.1 Å². The maximum absolute atomic E-state index is 12.2. The Balaban J connectivity index is 1.44. The van der Waals surface area contributed by atoms with Crippen LogP contribution in [0.1, 0.15) is 37.2 Å². The normalized spacial score (nSPS) is 20.0. The zero-order chi connectivity index (χ0) is 17.9. The van der Waals surface area contributed by atoms with E-state index in [0.717, 1.165) is 36.2 Å². The van der Waals surface area contributed by atoms with E-state index in [1.165, 1.54) is 10.9 Å². The lowest BCUT2D eigenvalue weighted by molar-refractivity contribution is 0.242. The number of anilines is 1. The highest BCUT2D eigenvalue weighted by atomic mass is 35.5. The topological polar surface area (TPSA) is 69.8 Å². The van der Waals surface area contributed by atoms with Crippen molar-refractivity contribution in [3.8, 4) is 0 Å². The first kappa shape index (κ1) is 16.9. The first-order valence-electron chi connectivity index (χ1n) is 8.94. The molecular formula is C20H21ClN4O. The lowest BCUT2D eigenvalue weighted by atomic mass is 9.81. The molecule has 4 rings (SSSR count). The van der Waals surface area contributed by atoms with Crippen molar-refractivity contribution in [2.24, 2.45) is 0 Å². The number of fused-ring (bicyclic) bond motifs is 1. The molecule has 0 radical (unpaired) electrons. The maximum atomic E-state index is 12.2. The number of carbonyl (C=O) groups is 1. The highest BCUT2D eigenvalue weighted by molar-refractivity contribution is 6.31. The number of H-pyrrole nitrogens is 1. The van der Waals surface area contributed by atoms with Crippen LogP contribution in [0.25, 0.3) is 10.9 Å². The number of carbonyl (C=O) groups excluding carboxylic acids is 1. The van der Waals surface area contributed by atoms with Crippen LogP contribution in [0.3, 0.4) is 0 Å². The number of amides is 2. The summed E-state index contributed by atoms with van der Waals surface area (Å²) >= 11 is 6.18. The van der Waals surface area contributed by atoms with E-state index in [2.05, 4.69) is 26.8 Å². The number of nitrogens with zero attached hydrogens (tertiary/aromatic N) is 1. The molecule has 2 aromatic heterocycles. The van der Waals surface area contributed by atoms with Gasteiger partial charge < -0.3 is 10.3 Å². The Morgan fingerprint density at radius 2 is 2.15 bits per heavy atom. The highest BCUT2D eigenvalue weighted by Crippen LogP contribution is 2.37. The molecular weight excluding hydrogens is 348 g/mol.